The second-order valence-corrected chi connectivity index (χ2v) is 4.26. The first kappa shape index (κ1) is 9.69. The fourth-order valence-corrected chi connectivity index (χ4v) is 1.89. The number of likely N-dealkylation sites (N-methyl/N-ethyl adjacent to an activating group) is 1. The Balaban J connectivity index is 2.31. The topological polar surface area (TPSA) is 16.1 Å². The number of hydrogen-bond acceptors (Lipinski definition) is 2. The van der Waals surface area contributed by atoms with Gasteiger partial charge >= 0.3 is 0 Å². The lowest BCUT2D eigenvalue weighted by Gasteiger charge is -2.11. The summed E-state index contributed by atoms with van der Waals surface area (Å²) in [7, 11) is 4.13. The standard InChI is InChI=1S/C11H13ClN2/c1-14(2)7-8-3-4-11-10(8)5-9(12)6-13-11/h3,5-6H,4,7H2,1-2H3. The first-order valence-corrected chi connectivity index (χ1v) is 5.03. The van der Waals surface area contributed by atoms with Crippen LogP contribution in [0.25, 0.3) is 5.57 Å². The van der Waals surface area contributed by atoms with Gasteiger partial charge in [-0.15, -0.1) is 0 Å². The van der Waals surface area contributed by atoms with Crippen molar-refractivity contribution >= 4 is 17.2 Å². The number of rotatable bonds is 2. The number of aromatic nitrogens is 1. The lowest BCUT2D eigenvalue weighted by Crippen LogP contribution is -2.14. The number of halogens is 1. The SMILES string of the molecule is CN(C)CC1=CCc2ncc(Cl)cc21. The Hall–Kier alpha value is -0.860. The van der Waals surface area contributed by atoms with Crippen LogP contribution in [-0.2, 0) is 6.42 Å². The molecule has 1 aromatic heterocycles. The molecule has 1 aromatic rings. The molecule has 1 aliphatic carbocycles. The van der Waals surface area contributed by atoms with Gasteiger partial charge in [0.05, 0.1) is 10.7 Å². The van der Waals surface area contributed by atoms with Crippen molar-refractivity contribution in [3.05, 3.63) is 34.6 Å². The molecule has 1 aliphatic rings. The molecule has 14 heavy (non-hydrogen) atoms. The quantitative estimate of drug-likeness (QED) is 0.741. The highest BCUT2D eigenvalue weighted by molar-refractivity contribution is 6.30. The zero-order chi connectivity index (χ0) is 10.1. The summed E-state index contributed by atoms with van der Waals surface area (Å²) in [5, 5.41) is 0.718. The van der Waals surface area contributed by atoms with Gasteiger partial charge in [-0.1, -0.05) is 17.7 Å². The van der Waals surface area contributed by atoms with Crippen LogP contribution in [0.4, 0.5) is 0 Å². The van der Waals surface area contributed by atoms with E-state index in [1.54, 1.807) is 6.20 Å². The van der Waals surface area contributed by atoms with E-state index < -0.39 is 0 Å². The van der Waals surface area contributed by atoms with E-state index in [4.69, 9.17) is 11.6 Å². The lowest BCUT2D eigenvalue weighted by atomic mass is 10.1. The zero-order valence-corrected chi connectivity index (χ0v) is 9.17. The van der Waals surface area contributed by atoms with E-state index in [1.807, 2.05) is 6.07 Å². The van der Waals surface area contributed by atoms with Gasteiger partial charge in [0, 0.05) is 24.7 Å². The zero-order valence-electron chi connectivity index (χ0n) is 8.42. The van der Waals surface area contributed by atoms with Gasteiger partial charge in [-0.2, -0.15) is 0 Å². The molecule has 0 fully saturated rings. The molecule has 74 valence electrons. The number of hydrogen-bond donors (Lipinski definition) is 0. The third-order valence-electron chi connectivity index (χ3n) is 2.31. The van der Waals surface area contributed by atoms with E-state index in [2.05, 4.69) is 30.1 Å². The van der Waals surface area contributed by atoms with Gasteiger partial charge in [-0.05, 0) is 25.7 Å². The summed E-state index contributed by atoms with van der Waals surface area (Å²) >= 11 is 5.92. The van der Waals surface area contributed by atoms with E-state index in [-0.39, 0.29) is 0 Å². The fraction of sp³-hybridized carbons (Fsp3) is 0.364. The predicted molar refractivity (Wildman–Crippen MR) is 59.5 cm³/mol. The normalized spacial score (nSPS) is 14.4. The number of nitrogens with zero attached hydrogens (tertiary/aromatic N) is 2. The van der Waals surface area contributed by atoms with Gasteiger partial charge in [-0.3, -0.25) is 4.98 Å². The van der Waals surface area contributed by atoms with Gasteiger partial charge in [0.2, 0.25) is 0 Å². The molecule has 2 rings (SSSR count). The van der Waals surface area contributed by atoms with Crippen molar-refractivity contribution < 1.29 is 0 Å². The second-order valence-electron chi connectivity index (χ2n) is 3.82. The smallest absolute Gasteiger partial charge is 0.0595 e. The van der Waals surface area contributed by atoms with Crippen molar-refractivity contribution in [1.29, 1.82) is 0 Å². The summed E-state index contributed by atoms with van der Waals surface area (Å²) < 4.78 is 0. The number of pyridine rings is 1. The molecule has 0 saturated heterocycles. The third-order valence-corrected chi connectivity index (χ3v) is 2.52. The summed E-state index contributed by atoms with van der Waals surface area (Å²) in [6.07, 6.45) is 4.89. The van der Waals surface area contributed by atoms with Crippen molar-refractivity contribution in [3.63, 3.8) is 0 Å². The molecule has 0 unspecified atom stereocenters. The minimum atomic E-state index is 0.718. The maximum Gasteiger partial charge on any atom is 0.0595 e. The van der Waals surface area contributed by atoms with Crippen LogP contribution in [0.3, 0.4) is 0 Å². The van der Waals surface area contributed by atoms with E-state index in [1.165, 1.54) is 11.1 Å². The largest absolute Gasteiger partial charge is 0.305 e. The summed E-state index contributed by atoms with van der Waals surface area (Å²) in [5.74, 6) is 0. The van der Waals surface area contributed by atoms with Crippen LogP contribution >= 0.6 is 11.6 Å². The first-order valence-electron chi connectivity index (χ1n) is 4.65. The van der Waals surface area contributed by atoms with E-state index in [9.17, 15) is 0 Å². The van der Waals surface area contributed by atoms with Crippen LogP contribution in [0.2, 0.25) is 5.02 Å². The molecule has 0 spiro atoms. The van der Waals surface area contributed by atoms with Crippen LogP contribution in [-0.4, -0.2) is 30.5 Å². The highest BCUT2D eigenvalue weighted by atomic mass is 35.5. The molecule has 2 nitrogen and oxygen atoms in total. The van der Waals surface area contributed by atoms with Gasteiger partial charge in [-0.25, -0.2) is 0 Å². The molecule has 0 bridgehead atoms. The fourth-order valence-electron chi connectivity index (χ4n) is 1.73. The van der Waals surface area contributed by atoms with E-state index >= 15 is 0 Å². The number of allylic oxidation sites excluding steroid dienone is 1. The molecule has 0 aliphatic heterocycles. The van der Waals surface area contributed by atoms with Crippen molar-refractivity contribution in [2.45, 2.75) is 6.42 Å². The highest BCUT2D eigenvalue weighted by Gasteiger charge is 2.15. The lowest BCUT2D eigenvalue weighted by molar-refractivity contribution is 0.463. The van der Waals surface area contributed by atoms with Crippen molar-refractivity contribution in [1.82, 2.24) is 9.88 Å². The Morgan fingerprint density at radius 1 is 1.50 bits per heavy atom. The highest BCUT2D eigenvalue weighted by Crippen LogP contribution is 2.28. The van der Waals surface area contributed by atoms with E-state index in [0.717, 1.165) is 23.7 Å². The number of fused-ring (bicyclic) bond motifs is 1. The first-order chi connectivity index (χ1) is 6.66. The molecule has 0 amide bonds. The molecule has 0 atom stereocenters. The van der Waals surface area contributed by atoms with Gasteiger partial charge < -0.3 is 4.90 Å². The Bertz CT molecular complexity index is 383. The Morgan fingerprint density at radius 3 is 3.00 bits per heavy atom. The van der Waals surface area contributed by atoms with E-state index in [0.29, 0.717) is 0 Å². The predicted octanol–water partition coefficient (Wildman–Crippen LogP) is 2.24. The maximum atomic E-state index is 5.92. The van der Waals surface area contributed by atoms with Gasteiger partial charge in [0.1, 0.15) is 0 Å². The van der Waals surface area contributed by atoms with Crippen LogP contribution < -0.4 is 0 Å². The Morgan fingerprint density at radius 2 is 2.29 bits per heavy atom. The van der Waals surface area contributed by atoms with Crippen molar-refractivity contribution in [3.8, 4) is 0 Å². The molecule has 3 heteroatoms. The van der Waals surface area contributed by atoms with Crippen LogP contribution in [0, 0.1) is 0 Å². The van der Waals surface area contributed by atoms with Crippen LogP contribution in [0.1, 0.15) is 11.3 Å². The minimum Gasteiger partial charge on any atom is -0.305 e. The van der Waals surface area contributed by atoms with Gasteiger partial charge in [0.25, 0.3) is 0 Å². The molecule has 1 heterocycles. The molecular formula is C11H13ClN2. The Kier molecular flexibility index (Phi) is 2.57. The maximum absolute atomic E-state index is 5.92. The van der Waals surface area contributed by atoms with Crippen LogP contribution in [0.5, 0.6) is 0 Å². The minimum absolute atomic E-state index is 0.718. The molecular weight excluding hydrogens is 196 g/mol. The van der Waals surface area contributed by atoms with Gasteiger partial charge in [0.15, 0.2) is 0 Å². The van der Waals surface area contributed by atoms with Crippen molar-refractivity contribution in [2.24, 2.45) is 0 Å². The molecule has 0 aromatic carbocycles. The van der Waals surface area contributed by atoms with Crippen LogP contribution in [0.15, 0.2) is 18.3 Å². The summed E-state index contributed by atoms with van der Waals surface area (Å²) in [4.78, 5) is 6.47. The van der Waals surface area contributed by atoms with Crippen molar-refractivity contribution in [2.75, 3.05) is 20.6 Å². The third kappa shape index (κ3) is 1.81. The molecule has 0 radical (unpaired) electrons. The second kappa shape index (κ2) is 3.71. The average molecular weight is 209 g/mol. The summed E-state index contributed by atoms with van der Waals surface area (Å²) in [6, 6.07) is 2.01. The monoisotopic (exact) mass is 208 g/mol. The molecule has 0 N–H and O–H groups in total. The summed E-state index contributed by atoms with van der Waals surface area (Å²) in [6.45, 7) is 0.953. The Labute approximate surface area is 89.2 Å². The molecule has 0 saturated carbocycles. The average Bonchev–Trinajstić information content (AvgIpc) is 2.47. The summed E-state index contributed by atoms with van der Waals surface area (Å²) in [5.41, 5.74) is 3.69.